The molecular formula is C20H23ClN4O. The van der Waals surface area contributed by atoms with Crippen molar-refractivity contribution >= 4 is 28.3 Å². The van der Waals surface area contributed by atoms with Gasteiger partial charge in [0.1, 0.15) is 11.6 Å². The molecule has 3 aromatic rings. The summed E-state index contributed by atoms with van der Waals surface area (Å²) < 4.78 is 0. The van der Waals surface area contributed by atoms with Crippen LogP contribution in [0.25, 0.3) is 22.3 Å². The predicted octanol–water partition coefficient (Wildman–Crippen LogP) is 4.59. The van der Waals surface area contributed by atoms with E-state index in [9.17, 15) is 5.11 Å². The van der Waals surface area contributed by atoms with Crippen molar-refractivity contribution in [1.82, 2.24) is 9.97 Å². The average molecular weight is 371 g/mol. The summed E-state index contributed by atoms with van der Waals surface area (Å²) in [5, 5.41) is 15.0. The first-order valence-electron chi connectivity index (χ1n) is 8.83. The van der Waals surface area contributed by atoms with Gasteiger partial charge in [0.05, 0.1) is 11.1 Å². The van der Waals surface area contributed by atoms with Crippen molar-refractivity contribution in [3.63, 3.8) is 0 Å². The summed E-state index contributed by atoms with van der Waals surface area (Å²) in [5.74, 6) is 1.22. The highest BCUT2D eigenvalue weighted by atomic mass is 35.5. The highest BCUT2D eigenvalue weighted by Crippen LogP contribution is 2.32. The predicted molar refractivity (Wildman–Crippen MR) is 108 cm³/mol. The number of nitrogens with one attached hydrogen (secondary N) is 1. The van der Waals surface area contributed by atoms with Gasteiger partial charge in [0.15, 0.2) is 5.82 Å². The number of phenols is 1. The van der Waals surface area contributed by atoms with Crippen LogP contribution in [0.4, 0.5) is 5.82 Å². The molecule has 0 fully saturated rings. The van der Waals surface area contributed by atoms with Gasteiger partial charge in [-0.05, 0) is 36.8 Å². The first-order valence-corrected chi connectivity index (χ1v) is 9.21. The van der Waals surface area contributed by atoms with Crippen LogP contribution in [0.15, 0.2) is 42.5 Å². The molecule has 0 amide bonds. The molecule has 6 heteroatoms. The maximum atomic E-state index is 10.2. The fourth-order valence-electron chi connectivity index (χ4n) is 2.82. The number of aromatic hydroxyl groups is 1. The summed E-state index contributed by atoms with van der Waals surface area (Å²) in [6, 6.07) is 12.7. The lowest BCUT2D eigenvalue weighted by molar-refractivity contribution is 0.477. The molecule has 1 heterocycles. The van der Waals surface area contributed by atoms with Crippen LogP contribution < -0.4 is 11.1 Å². The molecule has 3 rings (SSSR count). The van der Waals surface area contributed by atoms with Crippen LogP contribution in [0.3, 0.4) is 0 Å². The van der Waals surface area contributed by atoms with Crippen LogP contribution in [0, 0.1) is 0 Å². The van der Waals surface area contributed by atoms with Crippen LogP contribution >= 0.6 is 11.6 Å². The number of phenolic OH excluding ortho intramolecular Hbond substituents is 1. The largest absolute Gasteiger partial charge is 0.507 e. The zero-order chi connectivity index (χ0) is 18.5. The summed E-state index contributed by atoms with van der Waals surface area (Å²) in [6.07, 6.45) is 3.20. The number of halogens is 1. The maximum Gasteiger partial charge on any atom is 0.165 e. The molecule has 0 saturated carbocycles. The second-order valence-electron chi connectivity index (χ2n) is 6.36. The van der Waals surface area contributed by atoms with Gasteiger partial charge in [0.2, 0.25) is 0 Å². The molecule has 0 unspecified atom stereocenters. The van der Waals surface area contributed by atoms with Gasteiger partial charge in [-0.25, -0.2) is 9.97 Å². The fourth-order valence-corrected chi connectivity index (χ4v) is 2.99. The van der Waals surface area contributed by atoms with Gasteiger partial charge in [-0.15, -0.1) is 0 Å². The average Bonchev–Trinajstić information content (AvgIpc) is 2.66. The van der Waals surface area contributed by atoms with Gasteiger partial charge in [-0.3, -0.25) is 0 Å². The first-order chi connectivity index (χ1) is 12.6. The quantitative estimate of drug-likeness (QED) is 0.566. The molecule has 2 aromatic carbocycles. The van der Waals surface area contributed by atoms with E-state index in [1.807, 2.05) is 24.3 Å². The highest BCUT2D eigenvalue weighted by molar-refractivity contribution is 6.30. The third-order valence-corrected chi connectivity index (χ3v) is 4.50. The van der Waals surface area contributed by atoms with E-state index in [2.05, 4.69) is 22.2 Å². The number of fused-ring (bicyclic) bond motifs is 1. The van der Waals surface area contributed by atoms with E-state index in [1.54, 1.807) is 18.2 Å². The van der Waals surface area contributed by atoms with Crippen molar-refractivity contribution in [2.75, 3.05) is 11.9 Å². The van der Waals surface area contributed by atoms with Crippen LogP contribution in [0.1, 0.15) is 26.2 Å². The molecule has 0 radical (unpaired) electrons. The lowest BCUT2D eigenvalue weighted by Crippen LogP contribution is -2.29. The van der Waals surface area contributed by atoms with Crippen molar-refractivity contribution in [3.05, 3.63) is 47.5 Å². The highest BCUT2D eigenvalue weighted by Gasteiger charge is 2.13. The number of unbranched alkanes of at least 4 members (excludes halogenated alkanes) is 1. The van der Waals surface area contributed by atoms with Gasteiger partial charge < -0.3 is 16.2 Å². The monoisotopic (exact) mass is 370 g/mol. The SMILES string of the molecule is CCCC[C@H](N)CNc1nc(-c2cc(Cl)ccc2O)nc2ccccc12. The Labute approximate surface area is 158 Å². The Bertz CT molecular complexity index is 900. The zero-order valence-electron chi connectivity index (χ0n) is 14.7. The minimum Gasteiger partial charge on any atom is -0.507 e. The van der Waals surface area contributed by atoms with Crippen LogP contribution in [-0.2, 0) is 0 Å². The van der Waals surface area contributed by atoms with Gasteiger partial charge in [0, 0.05) is 23.0 Å². The van der Waals surface area contributed by atoms with Crippen molar-refractivity contribution in [2.24, 2.45) is 5.73 Å². The number of hydrogen-bond acceptors (Lipinski definition) is 5. The van der Waals surface area contributed by atoms with E-state index in [-0.39, 0.29) is 11.8 Å². The Morgan fingerprint density at radius 3 is 2.81 bits per heavy atom. The number of aromatic nitrogens is 2. The zero-order valence-corrected chi connectivity index (χ0v) is 15.5. The third kappa shape index (κ3) is 4.23. The van der Waals surface area contributed by atoms with Crippen molar-refractivity contribution in [3.8, 4) is 17.1 Å². The number of nitrogens with two attached hydrogens (primary N) is 1. The molecule has 0 aliphatic rings. The number of benzene rings is 2. The van der Waals surface area contributed by atoms with Crippen LogP contribution in [-0.4, -0.2) is 27.7 Å². The molecule has 0 spiro atoms. The van der Waals surface area contributed by atoms with E-state index in [4.69, 9.17) is 17.3 Å². The van der Waals surface area contributed by atoms with Gasteiger partial charge in [0.25, 0.3) is 0 Å². The smallest absolute Gasteiger partial charge is 0.165 e. The molecule has 1 atom stereocenters. The maximum absolute atomic E-state index is 10.2. The molecule has 0 saturated heterocycles. The fraction of sp³-hybridized carbons (Fsp3) is 0.300. The number of para-hydroxylation sites is 1. The Morgan fingerprint density at radius 1 is 1.19 bits per heavy atom. The van der Waals surface area contributed by atoms with Crippen LogP contribution in [0.2, 0.25) is 5.02 Å². The van der Waals surface area contributed by atoms with Gasteiger partial charge in [-0.1, -0.05) is 43.5 Å². The number of anilines is 1. The van der Waals surface area contributed by atoms with Gasteiger partial charge in [-0.2, -0.15) is 0 Å². The van der Waals surface area contributed by atoms with E-state index in [1.165, 1.54) is 0 Å². The number of rotatable bonds is 7. The molecule has 1 aromatic heterocycles. The summed E-state index contributed by atoms with van der Waals surface area (Å²) in [5.41, 5.74) is 7.48. The number of hydrogen-bond donors (Lipinski definition) is 3. The molecule has 5 nitrogen and oxygen atoms in total. The Morgan fingerprint density at radius 2 is 2.00 bits per heavy atom. The number of nitrogens with zero attached hydrogens (tertiary/aromatic N) is 2. The van der Waals surface area contributed by atoms with Crippen molar-refractivity contribution in [2.45, 2.75) is 32.2 Å². The topological polar surface area (TPSA) is 84.1 Å². The molecule has 4 N–H and O–H groups in total. The lowest BCUT2D eigenvalue weighted by atomic mass is 10.1. The summed E-state index contributed by atoms with van der Waals surface area (Å²) in [6.45, 7) is 2.78. The Balaban J connectivity index is 1.97. The first kappa shape index (κ1) is 18.4. The third-order valence-electron chi connectivity index (χ3n) is 4.26. The van der Waals surface area contributed by atoms with Crippen molar-refractivity contribution < 1.29 is 5.11 Å². The van der Waals surface area contributed by atoms with E-state index in [0.717, 1.165) is 30.2 Å². The molecule has 0 bridgehead atoms. The standard InChI is InChI=1S/C20H23ClN4O/c1-2-3-6-14(22)12-23-19-15-7-4-5-8-17(15)24-20(25-19)16-11-13(21)9-10-18(16)26/h4-5,7-11,14,26H,2-3,6,12,22H2,1H3,(H,23,24,25)/t14-/m0/s1. The Kier molecular flexibility index (Phi) is 5.91. The molecule has 26 heavy (non-hydrogen) atoms. The molecule has 0 aliphatic carbocycles. The Hall–Kier alpha value is -2.37. The van der Waals surface area contributed by atoms with E-state index >= 15 is 0 Å². The second-order valence-corrected chi connectivity index (χ2v) is 6.79. The van der Waals surface area contributed by atoms with Crippen LogP contribution in [0.5, 0.6) is 5.75 Å². The second kappa shape index (κ2) is 8.34. The molecule has 0 aliphatic heterocycles. The molecular weight excluding hydrogens is 348 g/mol. The minimum atomic E-state index is 0.0618. The van der Waals surface area contributed by atoms with E-state index < -0.39 is 0 Å². The summed E-state index contributed by atoms with van der Waals surface area (Å²) in [7, 11) is 0. The van der Waals surface area contributed by atoms with Crippen molar-refractivity contribution in [1.29, 1.82) is 0 Å². The lowest BCUT2D eigenvalue weighted by Gasteiger charge is -2.15. The van der Waals surface area contributed by atoms with E-state index in [0.29, 0.717) is 28.8 Å². The minimum absolute atomic E-state index is 0.0618. The molecule has 136 valence electrons. The summed E-state index contributed by atoms with van der Waals surface area (Å²) in [4.78, 5) is 9.21. The van der Waals surface area contributed by atoms with Gasteiger partial charge >= 0.3 is 0 Å². The summed E-state index contributed by atoms with van der Waals surface area (Å²) >= 11 is 6.08. The normalized spacial score (nSPS) is 12.3.